The third kappa shape index (κ3) is 3.87. The highest BCUT2D eigenvalue weighted by molar-refractivity contribution is 5.96. The quantitative estimate of drug-likeness (QED) is 0.928. The second-order valence-electron chi connectivity index (χ2n) is 6.50. The number of rotatable bonds is 4. The molecule has 0 saturated heterocycles. The summed E-state index contributed by atoms with van der Waals surface area (Å²) in [5.74, 6) is 0.0783. The summed E-state index contributed by atoms with van der Waals surface area (Å²) in [7, 11) is 1.72. The Hall–Kier alpha value is -1.84. The van der Waals surface area contributed by atoms with E-state index in [2.05, 4.69) is 17.4 Å². The fourth-order valence-electron chi connectivity index (χ4n) is 3.33. The lowest BCUT2D eigenvalue weighted by molar-refractivity contribution is -0.136. The monoisotopic (exact) mass is 302 g/mol. The molecule has 1 saturated carbocycles. The third-order valence-electron chi connectivity index (χ3n) is 4.40. The van der Waals surface area contributed by atoms with Crippen molar-refractivity contribution < 1.29 is 9.59 Å². The Morgan fingerprint density at radius 2 is 1.68 bits per heavy atom. The first-order chi connectivity index (χ1) is 10.4. The molecule has 0 heterocycles. The van der Waals surface area contributed by atoms with E-state index >= 15 is 0 Å². The Labute approximate surface area is 132 Å². The molecule has 0 atom stereocenters. The third-order valence-corrected chi connectivity index (χ3v) is 4.40. The van der Waals surface area contributed by atoms with Crippen molar-refractivity contribution in [1.29, 1.82) is 0 Å². The summed E-state index contributed by atoms with van der Waals surface area (Å²) in [5, 5.41) is 2.95. The predicted octanol–water partition coefficient (Wildman–Crippen LogP) is 3.20. The summed E-state index contributed by atoms with van der Waals surface area (Å²) in [6.07, 6.45) is 4.17. The standard InChI is InChI=1S/C18H26N2O2/c1-12-9-13(2)17(14(3)10-12)19-16(21)11-20(4)18(22)15-7-5-6-8-15/h9-10,15H,5-8,11H2,1-4H3,(H,19,21). The molecule has 4 nitrogen and oxygen atoms in total. The maximum atomic E-state index is 12.3. The highest BCUT2D eigenvalue weighted by Crippen LogP contribution is 2.26. The zero-order valence-electron chi connectivity index (χ0n) is 14.0. The van der Waals surface area contributed by atoms with Gasteiger partial charge in [0, 0.05) is 18.7 Å². The van der Waals surface area contributed by atoms with E-state index in [1.165, 1.54) is 5.56 Å². The molecule has 0 bridgehead atoms. The van der Waals surface area contributed by atoms with Crippen molar-refractivity contribution in [3.05, 3.63) is 28.8 Å². The van der Waals surface area contributed by atoms with Gasteiger partial charge in [-0.15, -0.1) is 0 Å². The summed E-state index contributed by atoms with van der Waals surface area (Å²) in [5.41, 5.74) is 4.14. The molecule has 0 spiro atoms. The van der Waals surface area contributed by atoms with Crippen molar-refractivity contribution in [2.45, 2.75) is 46.5 Å². The van der Waals surface area contributed by atoms with Gasteiger partial charge in [-0.1, -0.05) is 30.5 Å². The van der Waals surface area contributed by atoms with E-state index in [0.717, 1.165) is 42.5 Å². The number of carbonyl (C=O) groups excluding carboxylic acids is 2. The molecule has 0 unspecified atom stereocenters. The second kappa shape index (κ2) is 6.95. The van der Waals surface area contributed by atoms with E-state index in [-0.39, 0.29) is 24.3 Å². The average molecular weight is 302 g/mol. The van der Waals surface area contributed by atoms with E-state index < -0.39 is 0 Å². The Morgan fingerprint density at radius 1 is 1.14 bits per heavy atom. The van der Waals surface area contributed by atoms with Crippen LogP contribution < -0.4 is 5.32 Å². The molecule has 0 aliphatic heterocycles. The molecule has 0 radical (unpaired) electrons. The highest BCUT2D eigenvalue weighted by atomic mass is 16.2. The number of carbonyl (C=O) groups is 2. The van der Waals surface area contributed by atoms with Crippen LogP contribution in [0.5, 0.6) is 0 Å². The van der Waals surface area contributed by atoms with Crippen molar-refractivity contribution in [2.75, 3.05) is 18.9 Å². The van der Waals surface area contributed by atoms with Gasteiger partial charge in [-0.25, -0.2) is 0 Å². The molecule has 120 valence electrons. The SMILES string of the molecule is Cc1cc(C)c(NC(=O)CN(C)C(=O)C2CCCC2)c(C)c1. The van der Waals surface area contributed by atoms with Crippen molar-refractivity contribution >= 4 is 17.5 Å². The number of hydrogen-bond donors (Lipinski definition) is 1. The lowest BCUT2D eigenvalue weighted by atomic mass is 10.0. The maximum Gasteiger partial charge on any atom is 0.243 e. The van der Waals surface area contributed by atoms with Gasteiger partial charge >= 0.3 is 0 Å². The molecule has 4 heteroatoms. The van der Waals surface area contributed by atoms with Crippen molar-refractivity contribution in [3.8, 4) is 0 Å². The van der Waals surface area contributed by atoms with Crippen LogP contribution in [0.25, 0.3) is 0 Å². The first-order valence-corrected chi connectivity index (χ1v) is 8.01. The fourth-order valence-corrected chi connectivity index (χ4v) is 3.33. The smallest absolute Gasteiger partial charge is 0.243 e. The van der Waals surface area contributed by atoms with E-state index in [1.807, 2.05) is 20.8 Å². The van der Waals surface area contributed by atoms with Crippen molar-refractivity contribution in [1.82, 2.24) is 4.90 Å². The Balaban J connectivity index is 1.96. The first kappa shape index (κ1) is 16.5. The molecule has 1 fully saturated rings. The molecule has 1 aromatic rings. The number of hydrogen-bond acceptors (Lipinski definition) is 2. The molecule has 1 N–H and O–H groups in total. The van der Waals surface area contributed by atoms with Gasteiger partial charge in [-0.3, -0.25) is 9.59 Å². The van der Waals surface area contributed by atoms with Crippen LogP contribution in [0.4, 0.5) is 5.69 Å². The predicted molar refractivity (Wildman–Crippen MR) is 88.9 cm³/mol. The Kier molecular flexibility index (Phi) is 5.22. The lowest BCUT2D eigenvalue weighted by Crippen LogP contribution is -2.38. The molecule has 22 heavy (non-hydrogen) atoms. The van der Waals surface area contributed by atoms with Crippen LogP contribution in [0.3, 0.4) is 0 Å². The summed E-state index contributed by atoms with van der Waals surface area (Å²) >= 11 is 0. The number of amides is 2. The number of nitrogens with one attached hydrogen (secondary N) is 1. The number of likely N-dealkylation sites (N-methyl/N-ethyl adjacent to an activating group) is 1. The van der Waals surface area contributed by atoms with Crippen LogP contribution in [0, 0.1) is 26.7 Å². The van der Waals surface area contributed by atoms with Gasteiger partial charge in [-0.2, -0.15) is 0 Å². The zero-order valence-corrected chi connectivity index (χ0v) is 14.0. The van der Waals surface area contributed by atoms with Gasteiger partial charge in [0.15, 0.2) is 0 Å². The largest absolute Gasteiger partial charge is 0.336 e. The van der Waals surface area contributed by atoms with Crippen LogP contribution in [0.2, 0.25) is 0 Å². The van der Waals surface area contributed by atoms with Crippen LogP contribution in [0.15, 0.2) is 12.1 Å². The van der Waals surface area contributed by atoms with Gasteiger partial charge in [0.05, 0.1) is 6.54 Å². The van der Waals surface area contributed by atoms with E-state index in [9.17, 15) is 9.59 Å². The van der Waals surface area contributed by atoms with Crippen molar-refractivity contribution in [2.24, 2.45) is 5.92 Å². The van der Waals surface area contributed by atoms with Gasteiger partial charge in [0.25, 0.3) is 0 Å². The summed E-state index contributed by atoms with van der Waals surface area (Å²) in [6.45, 7) is 6.13. The minimum Gasteiger partial charge on any atom is -0.336 e. The number of benzene rings is 1. The van der Waals surface area contributed by atoms with E-state index in [4.69, 9.17) is 0 Å². The van der Waals surface area contributed by atoms with Crippen LogP contribution in [-0.4, -0.2) is 30.3 Å². The number of aryl methyl sites for hydroxylation is 3. The fraction of sp³-hybridized carbons (Fsp3) is 0.556. The van der Waals surface area contributed by atoms with E-state index in [0.29, 0.717) is 0 Å². The number of nitrogens with zero attached hydrogens (tertiary/aromatic N) is 1. The Bertz CT molecular complexity index is 551. The zero-order chi connectivity index (χ0) is 16.3. The molecule has 2 amide bonds. The number of anilines is 1. The molecule has 2 rings (SSSR count). The minimum absolute atomic E-state index is 0.102. The van der Waals surface area contributed by atoms with Gasteiger partial charge in [-0.05, 0) is 44.7 Å². The normalized spacial score (nSPS) is 14.9. The molecule has 1 aliphatic rings. The lowest BCUT2D eigenvalue weighted by Gasteiger charge is -2.21. The average Bonchev–Trinajstić information content (AvgIpc) is 2.95. The summed E-state index contributed by atoms with van der Waals surface area (Å²) in [6, 6.07) is 4.10. The topological polar surface area (TPSA) is 49.4 Å². The van der Waals surface area contributed by atoms with Gasteiger partial charge in [0.2, 0.25) is 11.8 Å². The minimum atomic E-state index is -0.135. The summed E-state index contributed by atoms with van der Waals surface area (Å²) < 4.78 is 0. The van der Waals surface area contributed by atoms with E-state index in [1.54, 1.807) is 11.9 Å². The second-order valence-corrected chi connectivity index (χ2v) is 6.50. The highest BCUT2D eigenvalue weighted by Gasteiger charge is 2.26. The Morgan fingerprint density at radius 3 is 2.23 bits per heavy atom. The molecule has 0 aromatic heterocycles. The van der Waals surface area contributed by atoms with Crippen LogP contribution in [-0.2, 0) is 9.59 Å². The molecular weight excluding hydrogens is 276 g/mol. The first-order valence-electron chi connectivity index (χ1n) is 8.01. The van der Waals surface area contributed by atoms with Gasteiger partial charge in [0.1, 0.15) is 0 Å². The van der Waals surface area contributed by atoms with Gasteiger partial charge < -0.3 is 10.2 Å². The van der Waals surface area contributed by atoms with Crippen LogP contribution >= 0.6 is 0 Å². The molecule has 1 aliphatic carbocycles. The van der Waals surface area contributed by atoms with Crippen molar-refractivity contribution in [3.63, 3.8) is 0 Å². The maximum absolute atomic E-state index is 12.3. The van der Waals surface area contributed by atoms with Crippen LogP contribution in [0.1, 0.15) is 42.4 Å². The molecule has 1 aromatic carbocycles. The molecular formula is C18H26N2O2. The summed E-state index contributed by atoms with van der Waals surface area (Å²) in [4.78, 5) is 26.0.